The van der Waals surface area contributed by atoms with Gasteiger partial charge < -0.3 is 0 Å². The zero-order valence-electron chi connectivity index (χ0n) is 13.1. The van der Waals surface area contributed by atoms with Crippen molar-refractivity contribution in [3.05, 3.63) is 82.6 Å². The molecule has 0 saturated heterocycles. The Bertz CT molecular complexity index is 852. The van der Waals surface area contributed by atoms with E-state index in [0.29, 0.717) is 11.1 Å². The standard InChI is InChI=1S/C17H16O6S2/c18-24(19,13-11-16-7-3-1-4-8-16)22-15-23-25(20,21)14-12-17-9-5-2-6-10-17/h1-14H,15H2/b13-11+,14-12+. The molecule has 132 valence electrons. The lowest BCUT2D eigenvalue weighted by Gasteiger charge is -2.02. The molecule has 2 aromatic rings. The fourth-order valence-corrected chi connectivity index (χ4v) is 2.91. The maximum absolute atomic E-state index is 11.7. The van der Waals surface area contributed by atoms with Crippen LogP contribution in [0.15, 0.2) is 71.5 Å². The van der Waals surface area contributed by atoms with Crippen molar-refractivity contribution in [1.29, 1.82) is 0 Å². The van der Waals surface area contributed by atoms with Crippen molar-refractivity contribution in [3.8, 4) is 0 Å². The van der Waals surface area contributed by atoms with Crippen LogP contribution in [0.3, 0.4) is 0 Å². The van der Waals surface area contributed by atoms with Crippen LogP contribution in [0.2, 0.25) is 0 Å². The fourth-order valence-electron chi connectivity index (χ4n) is 1.68. The van der Waals surface area contributed by atoms with Gasteiger partial charge in [0.2, 0.25) is 0 Å². The van der Waals surface area contributed by atoms with E-state index in [0.717, 1.165) is 10.8 Å². The molecular formula is C17H16O6S2. The molecule has 0 amide bonds. The van der Waals surface area contributed by atoms with Crippen molar-refractivity contribution >= 4 is 32.4 Å². The van der Waals surface area contributed by atoms with Crippen molar-refractivity contribution in [2.45, 2.75) is 0 Å². The van der Waals surface area contributed by atoms with E-state index in [9.17, 15) is 16.8 Å². The van der Waals surface area contributed by atoms with Crippen molar-refractivity contribution in [2.75, 3.05) is 6.79 Å². The first kappa shape index (κ1) is 19.1. The van der Waals surface area contributed by atoms with Gasteiger partial charge in [0.25, 0.3) is 20.2 Å². The van der Waals surface area contributed by atoms with Crippen LogP contribution in [0, 0.1) is 0 Å². The van der Waals surface area contributed by atoms with E-state index in [1.807, 2.05) is 0 Å². The van der Waals surface area contributed by atoms with Gasteiger partial charge in [-0.3, -0.25) is 0 Å². The predicted octanol–water partition coefficient (Wildman–Crippen LogP) is 2.98. The molecule has 0 saturated carbocycles. The summed E-state index contributed by atoms with van der Waals surface area (Å²) >= 11 is 0. The van der Waals surface area contributed by atoms with Crippen molar-refractivity contribution in [2.24, 2.45) is 0 Å². The van der Waals surface area contributed by atoms with Gasteiger partial charge in [0.1, 0.15) is 0 Å². The van der Waals surface area contributed by atoms with Gasteiger partial charge >= 0.3 is 0 Å². The molecule has 0 bridgehead atoms. The summed E-state index contributed by atoms with van der Waals surface area (Å²) in [7, 11) is -8.13. The molecule has 2 rings (SSSR count). The largest absolute Gasteiger partial charge is 0.292 e. The normalized spacial score (nSPS) is 12.8. The minimum atomic E-state index is -4.06. The highest BCUT2D eigenvalue weighted by atomic mass is 32.2. The summed E-state index contributed by atoms with van der Waals surface area (Å²) < 4.78 is 55.6. The Morgan fingerprint density at radius 3 is 1.36 bits per heavy atom. The average molecular weight is 380 g/mol. The highest BCUT2D eigenvalue weighted by molar-refractivity contribution is 7.90. The molecule has 0 N–H and O–H groups in total. The van der Waals surface area contributed by atoms with E-state index < -0.39 is 27.0 Å². The Morgan fingerprint density at radius 1 is 0.640 bits per heavy atom. The Labute approximate surface area is 147 Å². The molecule has 0 atom stereocenters. The number of hydrogen-bond donors (Lipinski definition) is 0. The molecule has 6 nitrogen and oxygen atoms in total. The quantitative estimate of drug-likeness (QED) is 0.517. The summed E-state index contributed by atoms with van der Waals surface area (Å²) in [6.07, 6.45) is 2.66. The van der Waals surface area contributed by atoms with Gasteiger partial charge in [-0.05, 0) is 23.3 Å². The van der Waals surface area contributed by atoms with E-state index in [1.165, 1.54) is 12.2 Å². The van der Waals surface area contributed by atoms with Crippen LogP contribution in [0.5, 0.6) is 0 Å². The van der Waals surface area contributed by atoms with Crippen molar-refractivity contribution in [1.82, 2.24) is 0 Å². The van der Waals surface area contributed by atoms with E-state index in [-0.39, 0.29) is 0 Å². The van der Waals surface area contributed by atoms with E-state index in [2.05, 4.69) is 8.37 Å². The maximum Gasteiger partial charge on any atom is 0.292 e. The molecule has 0 fully saturated rings. The first-order valence-electron chi connectivity index (χ1n) is 7.11. The van der Waals surface area contributed by atoms with Gasteiger partial charge in [0, 0.05) is 0 Å². The third-order valence-electron chi connectivity index (χ3n) is 2.88. The maximum atomic E-state index is 11.7. The van der Waals surface area contributed by atoms with Crippen LogP contribution in [0.4, 0.5) is 0 Å². The summed E-state index contributed by atoms with van der Waals surface area (Å²) in [5.74, 6) is 0. The van der Waals surface area contributed by atoms with Crippen LogP contribution < -0.4 is 0 Å². The topological polar surface area (TPSA) is 86.7 Å². The van der Waals surface area contributed by atoms with Crippen LogP contribution in [-0.2, 0) is 28.6 Å². The van der Waals surface area contributed by atoms with E-state index in [4.69, 9.17) is 0 Å². The van der Waals surface area contributed by atoms with Crippen molar-refractivity contribution in [3.63, 3.8) is 0 Å². The smallest absolute Gasteiger partial charge is 0.237 e. The first-order chi connectivity index (χ1) is 11.9. The zero-order chi connectivity index (χ0) is 18.2. The second kappa shape index (κ2) is 8.72. The number of hydrogen-bond acceptors (Lipinski definition) is 6. The van der Waals surface area contributed by atoms with Gasteiger partial charge in [0.15, 0.2) is 6.79 Å². The molecule has 25 heavy (non-hydrogen) atoms. The lowest BCUT2D eigenvalue weighted by atomic mass is 10.2. The molecule has 2 aromatic carbocycles. The Morgan fingerprint density at radius 2 is 1.00 bits per heavy atom. The Hall–Kier alpha value is -2.26. The molecule has 0 aromatic heterocycles. The van der Waals surface area contributed by atoms with Gasteiger partial charge in [-0.15, -0.1) is 0 Å². The van der Waals surface area contributed by atoms with Crippen LogP contribution in [0.1, 0.15) is 11.1 Å². The molecule has 0 aliphatic heterocycles. The summed E-state index contributed by atoms with van der Waals surface area (Å²) in [6, 6.07) is 17.4. The first-order valence-corrected chi connectivity index (χ1v) is 10.1. The third kappa shape index (κ3) is 7.44. The minimum absolute atomic E-state index is 0.661. The molecule has 0 heterocycles. The molecule has 0 unspecified atom stereocenters. The second-order valence-electron chi connectivity index (χ2n) is 4.77. The predicted molar refractivity (Wildman–Crippen MR) is 95.8 cm³/mol. The average Bonchev–Trinajstić information content (AvgIpc) is 2.60. The SMILES string of the molecule is O=S(=O)(/C=C/c1ccccc1)OCOS(=O)(=O)/C=C/c1ccccc1. The summed E-state index contributed by atoms with van der Waals surface area (Å²) in [4.78, 5) is 0. The molecule has 0 aliphatic rings. The second-order valence-corrected chi connectivity index (χ2v) is 7.75. The Balaban J connectivity index is 1.88. The van der Waals surface area contributed by atoms with Crippen LogP contribution in [-0.4, -0.2) is 23.6 Å². The monoisotopic (exact) mass is 380 g/mol. The van der Waals surface area contributed by atoms with Gasteiger partial charge in [-0.2, -0.15) is 16.8 Å². The summed E-state index contributed by atoms with van der Waals surface area (Å²) in [6.45, 7) is -0.942. The summed E-state index contributed by atoms with van der Waals surface area (Å²) in [5.41, 5.74) is 1.32. The Kier molecular flexibility index (Phi) is 6.65. The van der Waals surface area contributed by atoms with Gasteiger partial charge in [-0.1, -0.05) is 60.7 Å². The zero-order valence-corrected chi connectivity index (χ0v) is 14.7. The molecular weight excluding hydrogens is 364 g/mol. The number of rotatable bonds is 8. The van der Waals surface area contributed by atoms with E-state index in [1.54, 1.807) is 60.7 Å². The third-order valence-corrected chi connectivity index (χ3v) is 4.67. The lowest BCUT2D eigenvalue weighted by molar-refractivity contribution is 0.136. The fraction of sp³-hybridized carbons (Fsp3) is 0.0588. The van der Waals surface area contributed by atoms with E-state index >= 15 is 0 Å². The molecule has 8 heteroatoms. The van der Waals surface area contributed by atoms with Crippen molar-refractivity contribution < 1.29 is 25.2 Å². The highest BCUT2D eigenvalue weighted by Gasteiger charge is 2.11. The van der Waals surface area contributed by atoms with Gasteiger partial charge in [-0.25, -0.2) is 8.37 Å². The summed E-state index contributed by atoms with van der Waals surface area (Å²) in [5, 5.41) is 1.66. The minimum Gasteiger partial charge on any atom is -0.237 e. The van der Waals surface area contributed by atoms with Crippen LogP contribution in [0.25, 0.3) is 12.2 Å². The lowest BCUT2D eigenvalue weighted by Crippen LogP contribution is -2.10. The number of benzene rings is 2. The molecule has 0 aliphatic carbocycles. The molecule has 0 radical (unpaired) electrons. The van der Waals surface area contributed by atoms with Crippen LogP contribution >= 0.6 is 0 Å². The molecule has 0 spiro atoms. The van der Waals surface area contributed by atoms with Gasteiger partial charge in [0.05, 0.1) is 10.8 Å². The highest BCUT2D eigenvalue weighted by Crippen LogP contribution is 2.07.